The number of carbonyl (C=O) groups excluding carboxylic acids is 1. The van der Waals surface area contributed by atoms with Crippen molar-refractivity contribution in [2.75, 3.05) is 32.9 Å². The number of ether oxygens (including phenoxy) is 2. The standard InChI is InChI=1S/C9H13NO3/c11-9-8(1-4-13-9)7-10-2-5-12-6-3-10/h7H,1-6H2/b8-7-. The van der Waals surface area contributed by atoms with Crippen LogP contribution in [0.15, 0.2) is 11.8 Å². The van der Waals surface area contributed by atoms with Gasteiger partial charge in [-0.2, -0.15) is 0 Å². The maximum absolute atomic E-state index is 11.1. The molecule has 0 spiro atoms. The molecule has 0 aromatic heterocycles. The van der Waals surface area contributed by atoms with Crippen molar-refractivity contribution >= 4 is 5.97 Å². The van der Waals surface area contributed by atoms with E-state index in [1.54, 1.807) is 0 Å². The van der Waals surface area contributed by atoms with Crippen LogP contribution < -0.4 is 0 Å². The molecule has 2 saturated heterocycles. The van der Waals surface area contributed by atoms with Crippen LogP contribution in [0.1, 0.15) is 6.42 Å². The summed E-state index contributed by atoms with van der Waals surface area (Å²) in [5.41, 5.74) is 0.793. The van der Waals surface area contributed by atoms with Gasteiger partial charge in [0.15, 0.2) is 0 Å². The van der Waals surface area contributed by atoms with Crippen molar-refractivity contribution in [2.45, 2.75) is 6.42 Å². The van der Waals surface area contributed by atoms with Gasteiger partial charge in [-0.25, -0.2) is 4.79 Å². The Balaban J connectivity index is 1.96. The van der Waals surface area contributed by atoms with Gasteiger partial charge in [0.05, 0.1) is 25.4 Å². The van der Waals surface area contributed by atoms with Crippen LogP contribution in [0, 0.1) is 0 Å². The Labute approximate surface area is 77.1 Å². The molecule has 0 aromatic rings. The number of hydrogen-bond acceptors (Lipinski definition) is 4. The van der Waals surface area contributed by atoms with Crippen molar-refractivity contribution in [3.8, 4) is 0 Å². The first kappa shape index (κ1) is 8.56. The molecule has 0 amide bonds. The zero-order valence-electron chi connectivity index (χ0n) is 7.49. The zero-order valence-corrected chi connectivity index (χ0v) is 7.49. The highest BCUT2D eigenvalue weighted by Gasteiger charge is 2.20. The molecule has 13 heavy (non-hydrogen) atoms. The van der Waals surface area contributed by atoms with Gasteiger partial charge in [-0.3, -0.25) is 0 Å². The quantitative estimate of drug-likeness (QED) is 0.428. The maximum Gasteiger partial charge on any atom is 0.335 e. The van der Waals surface area contributed by atoms with Gasteiger partial charge in [0, 0.05) is 25.7 Å². The number of nitrogens with zero attached hydrogens (tertiary/aromatic N) is 1. The lowest BCUT2D eigenvalue weighted by Crippen LogP contribution is -2.32. The Hall–Kier alpha value is -1.03. The zero-order chi connectivity index (χ0) is 9.10. The molecule has 2 aliphatic heterocycles. The predicted molar refractivity (Wildman–Crippen MR) is 46.1 cm³/mol. The Kier molecular flexibility index (Phi) is 2.49. The van der Waals surface area contributed by atoms with Crippen LogP contribution in [0.4, 0.5) is 0 Å². The van der Waals surface area contributed by atoms with E-state index in [4.69, 9.17) is 9.47 Å². The molecule has 72 valence electrons. The van der Waals surface area contributed by atoms with Gasteiger partial charge in [-0.15, -0.1) is 0 Å². The van der Waals surface area contributed by atoms with E-state index in [1.165, 1.54) is 0 Å². The summed E-state index contributed by atoms with van der Waals surface area (Å²) >= 11 is 0. The van der Waals surface area contributed by atoms with Gasteiger partial charge in [0.2, 0.25) is 0 Å². The van der Waals surface area contributed by atoms with Crippen LogP contribution in [0.2, 0.25) is 0 Å². The van der Waals surface area contributed by atoms with Crippen molar-refractivity contribution < 1.29 is 14.3 Å². The summed E-state index contributed by atoms with van der Waals surface area (Å²) in [6.45, 7) is 3.78. The minimum Gasteiger partial charge on any atom is -0.462 e. The SMILES string of the molecule is O=C1OCC/C1=C/N1CCOCC1. The summed E-state index contributed by atoms with van der Waals surface area (Å²) in [7, 11) is 0. The highest BCUT2D eigenvalue weighted by Crippen LogP contribution is 2.14. The Morgan fingerprint density at radius 1 is 1.23 bits per heavy atom. The first-order valence-electron chi connectivity index (χ1n) is 4.56. The topological polar surface area (TPSA) is 38.8 Å². The second kappa shape index (κ2) is 3.79. The van der Waals surface area contributed by atoms with E-state index in [-0.39, 0.29) is 5.97 Å². The van der Waals surface area contributed by atoms with Crippen LogP contribution >= 0.6 is 0 Å². The number of hydrogen-bond donors (Lipinski definition) is 0. The van der Waals surface area contributed by atoms with Crippen LogP contribution in [-0.2, 0) is 14.3 Å². The highest BCUT2D eigenvalue weighted by atomic mass is 16.5. The summed E-state index contributed by atoms with van der Waals surface area (Å²) in [6.07, 6.45) is 2.66. The van der Waals surface area contributed by atoms with Crippen LogP contribution in [0.3, 0.4) is 0 Å². The van der Waals surface area contributed by atoms with Crippen molar-refractivity contribution in [1.82, 2.24) is 4.90 Å². The third-order valence-corrected chi connectivity index (χ3v) is 2.25. The average Bonchev–Trinajstić information content (AvgIpc) is 2.54. The lowest BCUT2D eigenvalue weighted by Gasteiger charge is -2.25. The normalized spacial score (nSPS) is 26.6. The summed E-state index contributed by atoms with van der Waals surface area (Å²) < 4.78 is 10.0. The molecular formula is C9H13NO3. The molecular weight excluding hydrogens is 170 g/mol. The second-order valence-corrected chi connectivity index (χ2v) is 3.19. The van der Waals surface area contributed by atoms with Crippen LogP contribution in [0.25, 0.3) is 0 Å². The molecule has 2 heterocycles. The van der Waals surface area contributed by atoms with Gasteiger partial charge in [0.1, 0.15) is 0 Å². The van der Waals surface area contributed by atoms with Gasteiger partial charge in [-0.05, 0) is 0 Å². The van der Waals surface area contributed by atoms with Gasteiger partial charge in [-0.1, -0.05) is 0 Å². The molecule has 0 saturated carbocycles. The molecule has 4 heteroatoms. The van der Waals surface area contributed by atoms with E-state index in [2.05, 4.69) is 4.90 Å². The molecule has 2 aliphatic rings. The molecule has 0 radical (unpaired) electrons. The molecule has 0 unspecified atom stereocenters. The third-order valence-electron chi connectivity index (χ3n) is 2.25. The minimum absolute atomic E-state index is 0.161. The van der Waals surface area contributed by atoms with Crippen molar-refractivity contribution in [3.05, 3.63) is 11.8 Å². The fourth-order valence-corrected chi connectivity index (χ4v) is 1.49. The van der Waals surface area contributed by atoms with Crippen LogP contribution in [0.5, 0.6) is 0 Å². The summed E-state index contributed by atoms with van der Waals surface area (Å²) in [6, 6.07) is 0. The Morgan fingerprint density at radius 2 is 2.00 bits per heavy atom. The molecule has 0 atom stereocenters. The third kappa shape index (κ3) is 2.01. The monoisotopic (exact) mass is 183 g/mol. The van der Waals surface area contributed by atoms with Crippen molar-refractivity contribution in [2.24, 2.45) is 0 Å². The summed E-state index contributed by atoms with van der Waals surface area (Å²) in [5, 5.41) is 0. The minimum atomic E-state index is -0.161. The van der Waals surface area contributed by atoms with E-state index in [1.807, 2.05) is 6.20 Å². The summed E-state index contributed by atoms with van der Waals surface area (Å²) in [5.74, 6) is -0.161. The average molecular weight is 183 g/mol. The number of morpholine rings is 1. The lowest BCUT2D eigenvalue weighted by atomic mass is 10.2. The highest BCUT2D eigenvalue weighted by molar-refractivity contribution is 5.90. The van der Waals surface area contributed by atoms with E-state index in [9.17, 15) is 4.79 Å². The molecule has 0 aliphatic carbocycles. The first-order chi connectivity index (χ1) is 6.36. The van der Waals surface area contributed by atoms with Gasteiger partial charge >= 0.3 is 5.97 Å². The molecule has 0 N–H and O–H groups in total. The number of esters is 1. The first-order valence-corrected chi connectivity index (χ1v) is 4.56. The fraction of sp³-hybridized carbons (Fsp3) is 0.667. The van der Waals surface area contributed by atoms with E-state index >= 15 is 0 Å². The van der Waals surface area contributed by atoms with Crippen molar-refractivity contribution in [1.29, 1.82) is 0 Å². The van der Waals surface area contributed by atoms with E-state index < -0.39 is 0 Å². The maximum atomic E-state index is 11.1. The Morgan fingerprint density at radius 3 is 2.62 bits per heavy atom. The van der Waals surface area contributed by atoms with E-state index in [0.717, 1.165) is 38.3 Å². The molecule has 0 aromatic carbocycles. The molecule has 4 nitrogen and oxygen atoms in total. The summed E-state index contributed by atoms with van der Waals surface area (Å²) in [4.78, 5) is 13.2. The predicted octanol–water partition coefficient (Wildman–Crippen LogP) is 0.149. The van der Waals surface area contributed by atoms with Gasteiger partial charge < -0.3 is 14.4 Å². The van der Waals surface area contributed by atoms with Gasteiger partial charge in [0.25, 0.3) is 0 Å². The lowest BCUT2D eigenvalue weighted by molar-refractivity contribution is -0.135. The van der Waals surface area contributed by atoms with E-state index in [0.29, 0.717) is 6.61 Å². The van der Waals surface area contributed by atoms with Crippen LogP contribution in [-0.4, -0.2) is 43.8 Å². The fourth-order valence-electron chi connectivity index (χ4n) is 1.49. The van der Waals surface area contributed by atoms with Crippen molar-refractivity contribution in [3.63, 3.8) is 0 Å². The number of carbonyl (C=O) groups is 1. The smallest absolute Gasteiger partial charge is 0.335 e. The largest absolute Gasteiger partial charge is 0.462 e. The Bertz CT molecular complexity index is 231. The number of rotatable bonds is 1. The number of cyclic esters (lactones) is 1. The molecule has 0 bridgehead atoms. The molecule has 2 rings (SSSR count). The second-order valence-electron chi connectivity index (χ2n) is 3.19. The molecule has 2 fully saturated rings.